The Morgan fingerprint density at radius 3 is 2.64 bits per heavy atom. The summed E-state index contributed by atoms with van der Waals surface area (Å²) in [6.45, 7) is 4.71. The lowest BCUT2D eigenvalue weighted by atomic mass is 10.1. The second-order valence-electron chi connectivity index (χ2n) is 2.72. The van der Waals surface area contributed by atoms with Crippen LogP contribution in [0.2, 0.25) is 0 Å². The largest absolute Gasteiger partial charge is 0.370 e. The molecule has 0 fully saturated rings. The lowest BCUT2D eigenvalue weighted by Crippen LogP contribution is -2.30. The standard InChI is InChI=1S/C8H15N3/c1-7(2)5-3-4-6-11-8(9)10/h7H,5-6H2,1-2H3,(H4,9,10,11). The number of nitrogens with two attached hydrogens (primary N) is 1. The quantitative estimate of drug-likeness (QED) is 0.307. The molecule has 3 nitrogen and oxygen atoms in total. The molecule has 0 rings (SSSR count). The molecule has 0 atom stereocenters. The van der Waals surface area contributed by atoms with Gasteiger partial charge >= 0.3 is 0 Å². The van der Waals surface area contributed by atoms with Crippen LogP contribution in [0.1, 0.15) is 20.3 Å². The maximum atomic E-state index is 6.81. The Morgan fingerprint density at radius 2 is 2.18 bits per heavy atom. The summed E-state index contributed by atoms with van der Waals surface area (Å²) in [4.78, 5) is 0. The lowest BCUT2D eigenvalue weighted by Gasteiger charge is -1.95. The minimum absolute atomic E-state index is 0.0242. The van der Waals surface area contributed by atoms with Crippen LogP contribution in [0.25, 0.3) is 0 Å². The smallest absolute Gasteiger partial charge is 0.186 e. The summed E-state index contributed by atoms with van der Waals surface area (Å²) in [6.07, 6.45) is 0.902. The van der Waals surface area contributed by atoms with Crippen LogP contribution in [0.3, 0.4) is 0 Å². The summed E-state index contributed by atoms with van der Waals surface area (Å²) < 4.78 is 0. The molecule has 0 aliphatic heterocycles. The zero-order valence-electron chi connectivity index (χ0n) is 7.07. The highest BCUT2D eigenvalue weighted by molar-refractivity contribution is 5.74. The number of hydrogen-bond donors (Lipinski definition) is 3. The molecule has 3 heteroatoms. The van der Waals surface area contributed by atoms with Crippen molar-refractivity contribution in [3.05, 3.63) is 0 Å². The van der Waals surface area contributed by atoms with Crippen LogP contribution in [0.5, 0.6) is 0 Å². The molecule has 0 unspecified atom stereocenters. The van der Waals surface area contributed by atoms with Gasteiger partial charge in [0.05, 0.1) is 6.54 Å². The predicted molar refractivity (Wildman–Crippen MR) is 47.1 cm³/mol. The van der Waals surface area contributed by atoms with Crippen molar-refractivity contribution in [3.63, 3.8) is 0 Å². The van der Waals surface area contributed by atoms with Crippen LogP contribution < -0.4 is 11.1 Å². The Labute approximate surface area is 67.9 Å². The minimum atomic E-state index is -0.0242. The number of nitrogens with one attached hydrogen (secondary N) is 2. The van der Waals surface area contributed by atoms with Gasteiger partial charge in [0.1, 0.15) is 0 Å². The Kier molecular flexibility index (Phi) is 5.01. The van der Waals surface area contributed by atoms with E-state index in [4.69, 9.17) is 11.1 Å². The van der Waals surface area contributed by atoms with Crippen molar-refractivity contribution < 1.29 is 0 Å². The van der Waals surface area contributed by atoms with Gasteiger partial charge in [0.15, 0.2) is 5.96 Å². The molecule has 0 spiro atoms. The first kappa shape index (κ1) is 9.83. The van der Waals surface area contributed by atoms with Crippen LogP contribution >= 0.6 is 0 Å². The van der Waals surface area contributed by atoms with Gasteiger partial charge in [0.2, 0.25) is 0 Å². The molecule has 4 N–H and O–H groups in total. The molecule has 0 heterocycles. The molecule has 0 amide bonds. The Hall–Kier alpha value is -1.17. The van der Waals surface area contributed by atoms with E-state index < -0.39 is 0 Å². The van der Waals surface area contributed by atoms with Gasteiger partial charge in [-0.2, -0.15) is 0 Å². The lowest BCUT2D eigenvalue weighted by molar-refractivity contribution is 0.675. The second kappa shape index (κ2) is 5.60. The summed E-state index contributed by atoms with van der Waals surface area (Å²) in [7, 11) is 0. The molecular weight excluding hydrogens is 138 g/mol. The van der Waals surface area contributed by atoms with Crippen molar-refractivity contribution in [1.82, 2.24) is 5.32 Å². The maximum absolute atomic E-state index is 6.81. The summed E-state index contributed by atoms with van der Waals surface area (Å²) in [5, 5.41) is 9.42. The molecule has 0 aliphatic rings. The molecule has 0 aliphatic carbocycles. The summed E-state index contributed by atoms with van der Waals surface area (Å²) in [6, 6.07) is 0. The van der Waals surface area contributed by atoms with Gasteiger partial charge in [0, 0.05) is 6.42 Å². The van der Waals surface area contributed by atoms with E-state index in [2.05, 4.69) is 31.0 Å². The van der Waals surface area contributed by atoms with E-state index >= 15 is 0 Å². The highest BCUT2D eigenvalue weighted by Crippen LogP contribution is 1.94. The third-order valence-electron chi connectivity index (χ3n) is 1.00. The molecular formula is C8H15N3. The average molecular weight is 153 g/mol. The third kappa shape index (κ3) is 8.83. The first-order valence-corrected chi connectivity index (χ1v) is 3.66. The van der Waals surface area contributed by atoms with Gasteiger partial charge in [-0.25, -0.2) is 0 Å². The zero-order valence-corrected chi connectivity index (χ0v) is 7.07. The third-order valence-corrected chi connectivity index (χ3v) is 1.00. The molecule has 0 aromatic heterocycles. The van der Waals surface area contributed by atoms with Gasteiger partial charge < -0.3 is 11.1 Å². The van der Waals surface area contributed by atoms with Crippen LogP contribution in [0.4, 0.5) is 0 Å². The molecule has 0 bridgehead atoms. The first-order chi connectivity index (χ1) is 5.13. The van der Waals surface area contributed by atoms with E-state index in [1.54, 1.807) is 0 Å². The maximum Gasteiger partial charge on any atom is 0.186 e. The van der Waals surface area contributed by atoms with Crippen LogP contribution in [0, 0.1) is 23.2 Å². The average Bonchev–Trinajstić information content (AvgIpc) is 1.85. The monoisotopic (exact) mass is 153 g/mol. The molecule has 11 heavy (non-hydrogen) atoms. The fourth-order valence-electron chi connectivity index (χ4n) is 0.478. The second-order valence-corrected chi connectivity index (χ2v) is 2.72. The van der Waals surface area contributed by atoms with Gasteiger partial charge in [-0.1, -0.05) is 19.8 Å². The van der Waals surface area contributed by atoms with E-state index in [-0.39, 0.29) is 5.96 Å². The SMILES string of the molecule is CC(C)CC#CCNC(=N)N. The van der Waals surface area contributed by atoms with Gasteiger partial charge in [-0.3, -0.25) is 5.41 Å². The van der Waals surface area contributed by atoms with E-state index in [0.29, 0.717) is 12.5 Å². The Balaban J connectivity index is 3.33. The molecule has 0 aromatic carbocycles. The Bertz CT molecular complexity index is 174. The topological polar surface area (TPSA) is 61.9 Å². The normalized spacial score (nSPS) is 8.64. The first-order valence-electron chi connectivity index (χ1n) is 3.66. The van der Waals surface area contributed by atoms with Crippen LogP contribution in [-0.4, -0.2) is 12.5 Å². The zero-order chi connectivity index (χ0) is 8.69. The van der Waals surface area contributed by atoms with Gasteiger partial charge in [-0.15, -0.1) is 5.92 Å². The van der Waals surface area contributed by atoms with Crippen molar-refractivity contribution in [1.29, 1.82) is 5.41 Å². The van der Waals surface area contributed by atoms with Crippen molar-refractivity contribution >= 4 is 5.96 Å². The fourth-order valence-corrected chi connectivity index (χ4v) is 0.478. The Morgan fingerprint density at radius 1 is 1.55 bits per heavy atom. The van der Waals surface area contributed by atoms with Crippen LogP contribution in [0.15, 0.2) is 0 Å². The van der Waals surface area contributed by atoms with Crippen LogP contribution in [-0.2, 0) is 0 Å². The van der Waals surface area contributed by atoms with Crippen molar-refractivity contribution in [2.45, 2.75) is 20.3 Å². The van der Waals surface area contributed by atoms with E-state index in [1.807, 2.05) is 0 Å². The molecule has 0 saturated carbocycles. The van der Waals surface area contributed by atoms with Gasteiger partial charge in [-0.05, 0) is 5.92 Å². The number of rotatable bonds is 2. The van der Waals surface area contributed by atoms with Crippen molar-refractivity contribution in [3.8, 4) is 11.8 Å². The van der Waals surface area contributed by atoms with Crippen molar-refractivity contribution in [2.24, 2.45) is 11.7 Å². The van der Waals surface area contributed by atoms with E-state index in [0.717, 1.165) is 6.42 Å². The summed E-state index contributed by atoms with van der Waals surface area (Å²) in [5.41, 5.74) is 5.04. The molecule has 0 radical (unpaired) electrons. The minimum Gasteiger partial charge on any atom is -0.370 e. The van der Waals surface area contributed by atoms with E-state index in [9.17, 15) is 0 Å². The fraction of sp³-hybridized carbons (Fsp3) is 0.625. The van der Waals surface area contributed by atoms with Crippen molar-refractivity contribution in [2.75, 3.05) is 6.54 Å². The van der Waals surface area contributed by atoms with Gasteiger partial charge in [0.25, 0.3) is 0 Å². The molecule has 0 aromatic rings. The predicted octanol–water partition coefficient (Wildman–Crippen LogP) is 0.519. The molecule has 62 valence electrons. The number of guanidine groups is 1. The molecule has 0 saturated heterocycles. The number of hydrogen-bond acceptors (Lipinski definition) is 1. The highest BCUT2D eigenvalue weighted by Gasteiger charge is 1.85. The summed E-state index contributed by atoms with van der Waals surface area (Å²) >= 11 is 0. The van der Waals surface area contributed by atoms with E-state index in [1.165, 1.54) is 0 Å². The highest BCUT2D eigenvalue weighted by atomic mass is 15.0. The summed E-state index contributed by atoms with van der Waals surface area (Å²) in [5.74, 6) is 6.43.